The molecule has 0 radical (unpaired) electrons. The summed E-state index contributed by atoms with van der Waals surface area (Å²) in [6.07, 6.45) is 1.51. The van der Waals surface area contributed by atoms with Crippen LogP contribution in [0.25, 0.3) is 32.2 Å². The standard InChI is InChI=1S/C40H46ClF2N7O6S/c1-38(2,3)55-36(51)47-35-45-30-22(9-7-10-25(30)57-35)26-28(41)32-27-31(29(26)43)44-34(54-19-40-13-8-14-48(40)16-20(42)15-40)46-33(27)49-17-21-11-12-23(24(49)18-53-32)50(21)37(52)56-39(4,5)6/h7,9-10,20-21,23-24H,8,11-19H2,1-6H3,(H,45,47,51)/t20-,21-,23+,24-,40+/m1/s1. The van der Waals surface area contributed by atoms with E-state index >= 15 is 4.39 Å². The van der Waals surface area contributed by atoms with Gasteiger partial charge in [-0.25, -0.2) is 23.4 Å². The van der Waals surface area contributed by atoms with Gasteiger partial charge in [0.25, 0.3) is 0 Å². The molecular formula is C40H46ClF2N7O6S. The summed E-state index contributed by atoms with van der Waals surface area (Å²) in [5.41, 5.74) is -1.16. The van der Waals surface area contributed by atoms with Crippen LogP contribution in [0.15, 0.2) is 18.2 Å². The number of ether oxygens (including phenoxy) is 4. The average Bonchev–Trinajstić information content (AvgIpc) is 3.84. The zero-order chi connectivity index (χ0) is 40.2. The van der Waals surface area contributed by atoms with Crippen molar-refractivity contribution in [3.63, 3.8) is 0 Å². The van der Waals surface area contributed by atoms with Crippen molar-refractivity contribution in [2.75, 3.05) is 43.1 Å². The van der Waals surface area contributed by atoms with Crippen molar-refractivity contribution >= 4 is 67.2 Å². The molecule has 4 saturated heterocycles. The molecule has 0 spiro atoms. The molecule has 5 aliphatic heterocycles. The molecule has 0 saturated carbocycles. The van der Waals surface area contributed by atoms with Gasteiger partial charge < -0.3 is 23.8 Å². The lowest BCUT2D eigenvalue weighted by Crippen LogP contribution is -2.63. The lowest BCUT2D eigenvalue weighted by molar-refractivity contribution is 0.00542. The maximum atomic E-state index is 17.6. The number of hydrogen-bond donors (Lipinski definition) is 1. The first-order valence-electron chi connectivity index (χ1n) is 19.5. The van der Waals surface area contributed by atoms with E-state index in [0.29, 0.717) is 52.9 Å². The molecule has 2 aromatic heterocycles. The highest BCUT2D eigenvalue weighted by Crippen LogP contribution is 2.51. The van der Waals surface area contributed by atoms with E-state index in [1.165, 1.54) is 11.3 Å². The number of thiazole rings is 1. The zero-order valence-corrected chi connectivity index (χ0v) is 34.4. The molecular weight excluding hydrogens is 780 g/mol. The van der Waals surface area contributed by atoms with Gasteiger partial charge in [-0.1, -0.05) is 35.1 Å². The summed E-state index contributed by atoms with van der Waals surface area (Å²) >= 11 is 8.46. The third-order valence-corrected chi connectivity index (χ3v) is 12.8. The number of nitrogens with one attached hydrogen (secondary N) is 1. The molecule has 4 aromatic rings. The highest BCUT2D eigenvalue weighted by atomic mass is 35.5. The second-order valence-corrected chi connectivity index (χ2v) is 19.2. The highest BCUT2D eigenvalue weighted by Gasteiger charge is 2.53. The number of anilines is 2. The molecule has 0 unspecified atom stereocenters. The molecule has 304 valence electrons. The van der Waals surface area contributed by atoms with Crippen molar-refractivity contribution in [3.8, 4) is 22.9 Å². The molecule has 2 aromatic carbocycles. The smallest absolute Gasteiger partial charge is 0.413 e. The minimum atomic E-state index is -0.955. The number of rotatable bonds is 5. The Bertz CT molecular complexity index is 2300. The normalized spacial score (nSPS) is 25.6. The lowest BCUT2D eigenvalue weighted by Gasteiger charge is -2.46. The average molecular weight is 826 g/mol. The van der Waals surface area contributed by atoms with Crippen molar-refractivity contribution in [1.82, 2.24) is 24.8 Å². The number of alkyl halides is 1. The van der Waals surface area contributed by atoms with E-state index in [1.807, 2.05) is 31.7 Å². The van der Waals surface area contributed by atoms with E-state index in [2.05, 4.69) is 20.1 Å². The predicted octanol–water partition coefficient (Wildman–Crippen LogP) is 8.35. The SMILES string of the molecule is CC(C)(C)OC(=O)Nc1nc2c(-c3c(Cl)c4c5c(nc(OC[C@@]67CCCN6C[C@H](F)C7)nc5c3F)N3C[C@H]5CC[C@@H]([C@H]3CO4)N5C(=O)OC(C)(C)C)cccc2s1. The van der Waals surface area contributed by atoms with Crippen LogP contribution in [0.4, 0.5) is 29.3 Å². The maximum Gasteiger partial charge on any atom is 0.413 e. The van der Waals surface area contributed by atoms with Crippen molar-refractivity contribution in [2.24, 2.45) is 0 Å². The second-order valence-electron chi connectivity index (χ2n) is 17.8. The summed E-state index contributed by atoms with van der Waals surface area (Å²) in [6, 6.07) is 4.40. The number of para-hydroxylation sites is 1. The maximum absolute atomic E-state index is 17.6. The number of amides is 2. The lowest BCUT2D eigenvalue weighted by atomic mass is 9.95. The van der Waals surface area contributed by atoms with Crippen molar-refractivity contribution in [1.29, 1.82) is 0 Å². The van der Waals surface area contributed by atoms with Gasteiger partial charge in [0.05, 0.1) is 44.3 Å². The Labute approximate surface area is 337 Å². The first-order chi connectivity index (χ1) is 27.0. The number of piperazine rings is 1. The highest BCUT2D eigenvalue weighted by molar-refractivity contribution is 7.22. The van der Waals surface area contributed by atoms with Gasteiger partial charge in [0.2, 0.25) is 0 Å². The van der Waals surface area contributed by atoms with Crippen LogP contribution in [-0.2, 0) is 9.47 Å². The van der Waals surface area contributed by atoms with Gasteiger partial charge in [0.15, 0.2) is 16.7 Å². The number of aromatic nitrogens is 3. The van der Waals surface area contributed by atoms with Gasteiger partial charge in [-0.15, -0.1) is 0 Å². The molecule has 5 atom stereocenters. The fraction of sp³-hybridized carbons (Fsp3) is 0.575. The van der Waals surface area contributed by atoms with Crippen LogP contribution >= 0.6 is 22.9 Å². The van der Waals surface area contributed by atoms with E-state index < -0.39 is 34.8 Å². The molecule has 9 rings (SSSR count). The van der Waals surface area contributed by atoms with Crippen LogP contribution in [0.5, 0.6) is 11.8 Å². The predicted molar refractivity (Wildman–Crippen MR) is 213 cm³/mol. The fourth-order valence-electron chi connectivity index (χ4n) is 9.37. The van der Waals surface area contributed by atoms with Crippen LogP contribution in [0.2, 0.25) is 5.02 Å². The van der Waals surface area contributed by atoms with Crippen LogP contribution in [-0.4, -0.2) is 111 Å². The van der Waals surface area contributed by atoms with Crippen LogP contribution in [0, 0.1) is 5.82 Å². The van der Waals surface area contributed by atoms with Gasteiger partial charge in [-0.2, -0.15) is 9.97 Å². The minimum Gasteiger partial charge on any atom is -0.489 e. The van der Waals surface area contributed by atoms with Gasteiger partial charge in [-0.05, 0) is 79.8 Å². The van der Waals surface area contributed by atoms with E-state index in [9.17, 15) is 14.0 Å². The molecule has 5 aliphatic rings. The Morgan fingerprint density at radius 1 is 1.05 bits per heavy atom. The van der Waals surface area contributed by atoms with Gasteiger partial charge in [0, 0.05) is 30.6 Å². The van der Waals surface area contributed by atoms with E-state index in [0.717, 1.165) is 25.8 Å². The zero-order valence-electron chi connectivity index (χ0n) is 32.8. The Morgan fingerprint density at radius 2 is 1.84 bits per heavy atom. The monoisotopic (exact) mass is 825 g/mol. The molecule has 17 heteroatoms. The second kappa shape index (κ2) is 13.7. The minimum absolute atomic E-state index is 0.00936. The van der Waals surface area contributed by atoms with E-state index in [1.54, 1.807) is 32.9 Å². The van der Waals surface area contributed by atoms with Crippen LogP contribution in [0.1, 0.15) is 73.6 Å². The van der Waals surface area contributed by atoms with Gasteiger partial charge in [0.1, 0.15) is 41.9 Å². The molecule has 4 fully saturated rings. The largest absolute Gasteiger partial charge is 0.489 e. The third-order valence-electron chi connectivity index (χ3n) is 11.5. The van der Waals surface area contributed by atoms with Crippen molar-refractivity contribution < 1.29 is 37.3 Å². The van der Waals surface area contributed by atoms with E-state index in [4.69, 9.17) is 40.5 Å². The molecule has 2 bridgehead atoms. The molecule has 2 amide bonds. The Balaban J connectivity index is 1.16. The summed E-state index contributed by atoms with van der Waals surface area (Å²) in [6.45, 7) is 12.6. The third kappa shape index (κ3) is 6.74. The summed E-state index contributed by atoms with van der Waals surface area (Å²) in [7, 11) is 0. The summed E-state index contributed by atoms with van der Waals surface area (Å²) in [4.78, 5) is 46.6. The summed E-state index contributed by atoms with van der Waals surface area (Å²) in [5, 5.41) is 3.26. The summed E-state index contributed by atoms with van der Waals surface area (Å²) < 4.78 is 57.2. The quantitative estimate of drug-likeness (QED) is 0.208. The number of hydrogen-bond acceptors (Lipinski definition) is 12. The number of halogens is 3. The summed E-state index contributed by atoms with van der Waals surface area (Å²) in [5.74, 6) is -0.126. The number of carbonyl (C=O) groups is 2. The molecule has 0 aliphatic carbocycles. The molecule has 1 N–H and O–H groups in total. The van der Waals surface area contributed by atoms with Crippen LogP contribution in [0.3, 0.4) is 0 Å². The number of carbonyl (C=O) groups excluding carboxylic acids is 2. The van der Waals surface area contributed by atoms with Gasteiger partial charge in [-0.3, -0.25) is 15.1 Å². The van der Waals surface area contributed by atoms with Crippen molar-refractivity contribution in [3.05, 3.63) is 29.0 Å². The van der Waals surface area contributed by atoms with Crippen molar-refractivity contribution in [2.45, 2.75) is 115 Å². The van der Waals surface area contributed by atoms with Gasteiger partial charge >= 0.3 is 18.2 Å². The Morgan fingerprint density at radius 3 is 2.61 bits per heavy atom. The number of nitrogens with zero attached hydrogens (tertiary/aromatic N) is 6. The molecule has 7 heterocycles. The topological polar surface area (TPSA) is 131 Å². The Kier molecular flexibility index (Phi) is 9.16. The molecule has 57 heavy (non-hydrogen) atoms. The number of fused-ring (bicyclic) bond motifs is 7. The first kappa shape index (κ1) is 38.2. The molecule has 13 nitrogen and oxygen atoms in total. The van der Waals surface area contributed by atoms with E-state index in [-0.39, 0.29) is 70.4 Å². The first-order valence-corrected chi connectivity index (χ1v) is 20.7. The number of benzene rings is 2. The fourth-order valence-corrected chi connectivity index (χ4v) is 10.6. The Hall–Kier alpha value is -4.28. The van der Waals surface area contributed by atoms with Crippen LogP contribution < -0.4 is 19.7 Å².